The number of nitrogens with zero attached hydrogens (tertiary/aromatic N) is 1. The summed E-state index contributed by atoms with van der Waals surface area (Å²) in [4.78, 5) is 0. The molecule has 17 heavy (non-hydrogen) atoms. The summed E-state index contributed by atoms with van der Waals surface area (Å²) in [6, 6.07) is 2.43. The highest BCUT2D eigenvalue weighted by Gasteiger charge is 2.53. The van der Waals surface area contributed by atoms with Gasteiger partial charge in [0.05, 0.1) is 6.07 Å². The van der Waals surface area contributed by atoms with Crippen LogP contribution in [0.5, 0.6) is 0 Å². The van der Waals surface area contributed by atoms with Crippen molar-refractivity contribution in [1.29, 1.82) is 5.26 Å². The Morgan fingerprint density at radius 1 is 1.18 bits per heavy atom. The van der Waals surface area contributed by atoms with Crippen LogP contribution >= 0.6 is 0 Å². The molecule has 0 aromatic carbocycles. The molecule has 92 valence electrons. The second-order valence-electron chi connectivity index (χ2n) is 6.86. The lowest BCUT2D eigenvalue weighted by Gasteiger charge is -2.59. The molecule has 0 aliphatic heterocycles. The Bertz CT molecular complexity index is 314. The van der Waals surface area contributed by atoms with Crippen molar-refractivity contribution >= 4 is 0 Å². The monoisotopic (exact) mass is 229 g/mol. The fourth-order valence-corrected chi connectivity index (χ4v) is 5.54. The number of hydrogen-bond donors (Lipinski definition) is 0. The van der Waals surface area contributed by atoms with Gasteiger partial charge in [-0.05, 0) is 74.0 Å². The lowest BCUT2D eigenvalue weighted by Crippen LogP contribution is -2.49. The van der Waals surface area contributed by atoms with E-state index in [0.29, 0.717) is 11.3 Å². The van der Waals surface area contributed by atoms with Gasteiger partial charge in [0.25, 0.3) is 0 Å². The van der Waals surface area contributed by atoms with E-state index in [9.17, 15) is 0 Å². The largest absolute Gasteiger partial charge is 0.198 e. The minimum atomic E-state index is 0.526. The van der Waals surface area contributed by atoms with E-state index in [-0.39, 0.29) is 0 Å². The van der Waals surface area contributed by atoms with Crippen molar-refractivity contribution < 1.29 is 0 Å². The molecule has 4 aliphatic carbocycles. The highest BCUT2D eigenvalue weighted by Crippen LogP contribution is 2.63. The second kappa shape index (κ2) is 4.16. The van der Waals surface area contributed by atoms with E-state index in [1.165, 1.54) is 38.5 Å². The van der Waals surface area contributed by atoms with Gasteiger partial charge in [-0.1, -0.05) is 6.08 Å². The van der Waals surface area contributed by atoms with E-state index in [2.05, 4.69) is 12.6 Å². The van der Waals surface area contributed by atoms with Gasteiger partial charge in [-0.2, -0.15) is 5.26 Å². The molecular weight excluding hydrogens is 206 g/mol. The summed E-state index contributed by atoms with van der Waals surface area (Å²) in [6.07, 6.45) is 12.6. The van der Waals surface area contributed by atoms with Crippen LogP contribution in [-0.4, -0.2) is 0 Å². The van der Waals surface area contributed by atoms with Crippen LogP contribution in [0.2, 0.25) is 0 Å². The Morgan fingerprint density at radius 2 is 1.71 bits per heavy atom. The fraction of sp³-hybridized carbons (Fsp3) is 0.812. The molecular formula is C16H23N. The van der Waals surface area contributed by atoms with E-state index < -0.39 is 0 Å². The van der Waals surface area contributed by atoms with Crippen molar-refractivity contribution in [1.82, 2.24) is 0 Å². The topological polar surface area (TPSA) is 23.8 Å². The van der Waals surface area contributed by atoms with Gasteiger partial charge in [0, 0.05) is 6.42 Å². The van der Waals surface area contributed by atoms with Gasteiger partial charge in [-0.3, -0.25) is 0 Å². The molecule has 0 heterocycles. The Labute approximate surface area is 105 Å². The Morgan fingerprint density at radius 3 is 2.12 bits per heavy atom. The summed E-state index contributed by atoms with van der Waals surface area (Å²) in [7, 11) is 0. The van der Waals surface area contributed by atoms with Crippen molar-refractivity contribution in [2.45, 2.75) is 51.4 Å². The van der Waals surface area contributed by atoms with Crippen molar-refractivity contribution in [3.8, 4) is 6.07 Å². The zero-order chi connectivity index (χ0) is 11.9. The van der Waals surface area contributed by atoms with Gasteiger partial charge in [0.2, 0.25) is 0 Å². The highest BCUT2D eigenvalue weighted by atomic mass is 14.6. The summed E-state index contributed by atoms with van der Waals surface area (Å²) in [6.45, 7) is 3.90. The average Bonchev–Trinajstić information content (AvgIpc) is 2.27. The highest BCUT2D eigenvalue weighted by molar-refractivity contribution is 5.06. The Hall–Kier alpha value is -0.770. The van der Waals surface area contributed by atoms with E-state index in [4.69, 9.17) is 5.26 Å². The first-order valence-corrected chi connectivity index (χ1v) is 7.23. The molecule has 4 aliphatic rings. The summed E-state index contributed by atoms with van der Waals surface area (Å²) in [5.41, 5.74) is 0.526. The smallest absolute Gasteiger partial charge is 0.0624 e. The average molecular weight is 229 g/mol. The quantitative estimate of drug-likeness (QED) is 0.659. The van der Waals surface area contributed by atoms with Crippen LogP contribution in [0, 0.1) is 40.4 Å². The number of hydrogen-bond acceptors (Lipinski definition) is 1. The molecule has 0 radical (unpaired) electrons. The maximum atomic E-state index is 9.08. The first-order valence-electron chi connectivity index (χ1n) is 7.23. The van der Waals surface area contributed by atoms with Crippen molar-refractivity contribution in [3.05, 3.63) is 12.7 Å². The molecule has 4 bridgehead atoms. The minimum Gasteiger partial charge on any atom is -0.198 e. The van der Waals surface area contributed by atoms with Crippen molar-refractivity contribution in [2.24, 2.45) is 29.1 Å². The van der Waals surface area contributed by atoms with Gasteiger partial charge in [0.1, 0.15) is 0 Å². The molecule has 1 nitrogen and oxygen atoms in total. The van der Waals surface area contributed by atoms with E-state index in [1.807, 2.05) is 6.08 Å². The summed E-state index contributed by atoms with van der Waals surface area (Å²) < 4.78 is 0. The number of rotatable bonds is 4. The second-order valence-corrected chi connectivity index (χ2v) is 6.86. The Balaban J connectivity index is 1.84. The van der Waals surface area contributed by atoms with Gasteiger partial charge in [0.15, 0.2) is 0 Å². The maximum absolute atomic E-state index is 9.08. The number of allylic oxidation sites excluding steroid dienone is 1. The third-order valence-electron chi connectivity index (χ3n) is 5.74. The third kappa shape index (κ3) is 1.82. The standard InChI is InChI=1S/C16H23N/c1-2-3-15(4-5-17)16-9-12-6-13(10-16)8-14(7-12)11-16/h2,12-15H,1,3-4,6-11H2. The SMILES string of the molecule is C=CCC(CC#N)C12CC3CC(CC(C3)C1)C2. The van der Waals surface area contributed by atoms with Crippen LogP contribution in [0.3, 0.4) is 0 Å². The molecule has 4 fully saturated rings. The van der Waals surface area contributed by atoms with Crippen molar-refractivity contribution in [2.75, 3.05) is 0 Å². The third-order valence-corrected chi connectivity index (χ3v) is 5.74. The molecule has 4 rings (SSSR count). The van der Waals surface area contributed by atoms with Crippen LogP contribution in [-0.2, 0) is 0 Å². The molecule has 0 aromatic heterocycles. The predicted molar refractivity (Wildman–Crippen MR) is 69.1 cm³/mol. The summed E-state index contributed by atoms with van der Waals surface area (Å²) >= 11 is 0. The van der Waals surface area contributed by atoms with Gasteiger partial charge >= 0.3 is 0 Å². The van der Waals surface area contributed by atoms with Gasteiger partial charge in [-0.25, -0.2) is 0 Å². The zero-order valence-electron chi connectivity index (χ0n) is 10.7. The molecule has 1 unspecified atom stereocenters. The van der Waals surface area contributed by atoms with Crippen LogP contribution in [0.15, 0.2) is 12.7 Å². The van der Waals surface area contributed by atoms with Gasteiger partial charge < -0.3 is 0 Å². The fourth-order valence-electron chi connectivity index (χ4n) is 5.54. The van der Waals surface area contributed by atoms with Crippen LogP contribution in [0.25, 0.3) is 0 Å². The van der Waals surface area contributed by atoms with Gasteiger partial charge in [-0.15, -0.1) is 6.58 Å². The summed E-state index contributed by atoms with van der Waals surface area (Å²) in [5, 5.41) is 9.08. The molecule has 1 atom stereocenters. The van der Waals surface area contributed by atoms with Crippen LogP contribution < -0.4 is 0 Å². The van der Waals surface area contributed by atoms with E-state index >= 15 is 0 Å². The molecule has 0 N–H and O–H groups in total. The number of nitriles is 1. The molecule has 0 saturated heterocycles. The molecule has 4 saturated carbocycles. The van der Waals surface area contributed by atoms with Crippen LogP contribution in [0.1, 0.15) is 51.4 Å². The lowest BCUT2D eigenvalue weighted by molar-refractivity contribution is -0.0856. The molecule has 0 amide bonds. The normalized spacial score (nSPS) is 44.3. The van der Waals surface area contributed by atoms with Crippen LogP contribution in [0.4, 0.5) is 0 Å². The predicted octanol–water partition coefficient (Wildman–Crippen LogP) is 4.31. The van der Waals surface area contributed by atoms with E-state index in [1.54, 1.807) is 0 Å². The van der Waals surface area contributed by atoms with Crippen molar-refractivity contribution in [3.63, 3.8) is 0 Å². The lowest BCUT2D eigenvalue weighted by atomic mass is 9.46. The maximum Gasteiger partial charge on any atom is 0.0624 e. The molecule has 1 heteroatoms. The first kappa shape index (κ1) is 11.3. The zero-order valence-corrected chi connectivity index (χ0v) is 10.7. The molecule has 0 spiro atoms. The Kier molecular flexibility index (Phi) is 2.77. The first-order chi connectivity index (χ1) is 8.25. The molecule has 0 aromatic rings. The summed E-state index contributed by atoms with van der Waals surface area (Å²) in [5.74, 6) is 3.57. The van der Waals surface area contributed by atoms with E-state index in [0.717, 1.165) is 30.6 Å². The minimum absolute atomic E-state index is 0.526.